The molecule has 9 heteroatoms. The van der Waals surface area contributed by atoms with Gasteiger partial charge in [0.25, 0.3) is 5.91 Å². The van der Waals surface area contributed by atoms with Crippen LogP contribution in [0.2, 0.25) is 0 Å². The average molecular weight is 386 g/mol. The van der Waals surface area contributed by atoms with Gasteiger partial charge in [-0.3, -0.25) is 4.79 Å². The van der Waals surface area contributed by atoms with Crippen molar-refractivity contribution in [2.75, 3.05) is 26.0 Å². The first-order chi connectivity index (χ1) is 12.9. The molecule has 3 rings (SSSR count). The van der Waals surface area contributed by atoms with Crippen LogP contribution in [0.15, 0.2) is 59.8 Å². The highest BCUT2D eigenvalue weighted by molar-refractivity contribution is 7.89. The van der Waals surface area contributed by atoms with Crippen LogP contribution in [-0.4, -0.2) is 49.3 Å². The van der Waals surface area contributed by atoms with Gasteiger partial charge in [0.2, 0.25) is 15.9 Å². The first-order valence-electron chi connectivity index (χ1n) is 8.03. The fourth-order valence-electron chi connectivity index (χ4n) is 2.37. The van der Waals surface area contributed by atoms with Gasteiger partial charge in [-0.05, 0) is 30.3 Å². The topological polar surface area (TPSA) is 101 Å². The quantitative estimate of drug-likeness (QED) is 0.694. The molecule has 2 aromatic carbocycles. The van der Waals surface area contributed by atoms with E-state index in [0.29, 0.717) is 22.5 Å². The van der Waals surface area contributed by atoms with Crippen LogP contribution in [0.3, 0.4) is 0 Å². The molecule has 140 valence electrons. The van der Waals surface area contributed by atoms with Crippen molar-refractivity contribution in [3.8, 4) is 5.88 Å². The molecule has 0 spiro atoms. The van der Waals surface area contributed by atoms with Gasteiger partial charge in [-0.1, -0.05) is 18.2 Å². The van der Waals surface area contributed by atoms with Gasteiger partial charge in [0, 0.05) is 19.8 Å². The molecule has 0 aliphatic rings. The Bertz CT molecular complexity index is 1080. The van der Waals surface area contributed by atoms with E-state index >= 15 is 0 Å². The van der Waals surface area contributed by atoms with Gasteiger partial charge in [0.1, 0.15) is 6.33 Å². The van der Waals surface area contributed by atoms with Crippen LogP contribution >= 0.6 is 0 Å². The summed E-state index contributed by atoms with van der Waals surface area (Å²) in [4.78, 5) is 20.5. The van der Waals surface area contributed by atoms with Gasteiger partial charge in [-0.2, -0.15) is 0 Å². The standard InChI is InChI=1S/C18H18N4O4S/c1-22(2)27(24,25)14-7-5-6-13(10-14)21-17(23)11-26-18-15-8-3-4-9-16(15)19-12-20-18/h3-10,12H,11H2,1-2H3,(H,21,23). The summed E-state index contributed by atoms with van der Waals surface area (Å²) in [6.07, 6.45) is 1.37. The minimum atomic E-state index is -3.58. The zero-order chi connectivity index (χ0) is 19.4. The van der Waals surface area contributed by atoms with Gasteiger partial charge < -0.3 is 10.1 Å². The number of para-hydroxylation sites is 1. The third-order valence-corrected chi connectivity index (χ3v) is 5.55. The Kier molecular flexibility index (Phi) is 5.33. The summed E-state index contributed by atoms with van der Waals surface area (Å²) in [6.45, 7) is -0.272. The van der Waals surface area contributed by atoms with Crippen molar-refractivity contribution in [2.24, 2.45) is 0 Å². The number of sulfonamides is 1. The zero-order valence-electron chi connectivity index (χ0n) is 14.8. The molecule has 1 amide bonds. The van der Waals surface area contributed by atoms with Gasteiger partial charge in [-0.25, -0.2) is 22.7 Å². The number of ether oxygens (including phenoxy) is 1. The number of hydrogen-bond acceptors (Lipinski definition) is 6. The van der Waals surface area contributed by atoms with Crippen LogP contribution in [0.25, 0.3) is 10.9 Å². The largest absolute Gasteiger partial charge is 0.467 e. The van der Waals surface area contributed by atoms with E-state index in [0.717, 1.165) is 4.31 Å². The average Bonchev–Trinajstić information content (AvgIpc) is 2.66. The van der Waals surface area contributed by atoms with E-state index in [-0.39, 0.29) is 11.5 Å². The first-order valence-corrected chi connectivity index (χ1v) is 9.47. The molecule has 0 unspecified atom stereocenters. The van der Waals surface area contributed by atoms with Crippen LogP contribution in [0, 0.1) is 0 Å². The minimum absolute atomic E-state index is 0.0908. The third kappa shape index (κ3) is 4.21. The number of hydrogen-bond donors (Lipinski definition) is 1. The molecule has 3 aromatic rings. The number of nitrogens with zero attached hydrogens (tertiary/aromatic N) is 3. The Morgan fingerprint density at radius 2 is 1.89 bits per heavy atom. The molecule has 1 N–H and O–H groups in total. The van der Waals surface area contributed by atoms with Crippen molar-refractivity contribution in [2.45, 2.75) is 4.90 Å². The van der Waals surface area contributed by atoms with E-state index in [9.17, 15) is 13.2 Å². The van der Waals surface area contributed by atoms with E-state index in [2.05, 4.69) is 15.3 Å². The Balaban J connectivity index is 1.70. The highest BCUT2D eigenvalue weighted by Gasteiger charge is 2.17. The summed E-state index contributed by atoms with van der Waals surface area (Å²) >= 11 is 0. The predicted molar refractivity (Wildman–Crippen MR) is 101 cm³/mol. The van der Waals surface area contributed by atoms with Gasteiger partial charge in [0.05, 0.1) is 15.8 Å². The molecule has 27 heavy (non-hydrogen) atoms. The van der Waals surface area contributed by atoms with Crippen LogP contribution in [0.4, 0.5) is 5.69 Å². The van der Waals surface area contributed by atoms with Crippen molar-refractivity contribution in [3.05, 3.63) is 54.9 Å². The van der Waals surface area contributed by atoms with Gasteiger partial charge >= 0.3 is 0 Å². The highest BCUT2D eigenvalue weighted by Crippen LogP contribution is 2.21. The molecule has 0 saturated carbocycles. The molecule has 1 aromatic heterocycles. The molecule has 1 heterocycles. The van der Waals surface area contributed by atoms with Crippen molar-refractivity contribution in [1.29, 1.82) is 0 Å². The molecule has 8 nitrogen and oxygen atoms in total. The Morgan fingerprint density at radius 3 is 2.67 bits per heavy atom. The van der Waals surface area contributed by atoms with Crippen molar-refractivity contribution in [1.82, 2.24) is 14.3 Å². The third-order valence-electron chi connectivity index (χ3n) is 3.74. The molecule has 0 saturated heterocycles. The van der Waals surface area contributed by atoms with E-state index in [1.54, 1.807) is 18.2 Å². The van der Waals surface area contributed by atoms with E-state index in [1.807, 2.05) is 18.2 Å². The first kappa shape index (κ1) is 18.7. The second kappa shape index (κ2) is 7.68. The minimum Gasteiger partial charge on any atom is -0.467 e. The fourth-order valence-corrected chi connectivity index (χ4v) is 3.32. The maximum atomic E-state index is 12.2. The molecular formula is C18H18N4O4S. The molecule has 0 radical (unpaired) electrons. The maximum Gasteiger partial charge on any atom is 0.262 e. The molecule has 0 atom stereocenters. The Hall–Kier alpha value is -3.04. The highest BCUT2D eigenvalue weighted by atomic mass is 32.2. The lowest BCUT2D eigenvalue weighted by Crippen LogP contribution is -2.23. The lowest BCUT2D eigenvalue weighted by atomic mass is 10.2. The molecule has 0 bridgehead atoms. The van der Waals surface area contributed by atoms with Crippen molar-refractivity contribution < 1.29 is 17.9 Å². The van der Waals surface area contributed by atoms with Crippen molar-refractivity contribution in [3.63, 3.8) is 0 Å². The van der Waals surface area contributed by atoms with E-state index in [1.165, 1.54) is 32.6 Å². The van der Waals surface area contributed by atoms with E-state index in [4.69, 9.17) is 4.74 Å². The molecular weight excluding hydrogens is 368 g/mol. The van der Waals surface area contributed by atoms with Gasteiger partial charge in [-0.15, -0.1) is 0 Å². The molecule has 0 aliphatic carbocycles. The number of carbonyl (C=O) groups excluding carboxylic acids is 1. The monoisotopic (exact) mass is 386 g/mol. The Labute approximate surface area is 156 Å². The summed E-state index contributed by atoms with van der Waals surface area (Å²) < 4.78 is 31.0. The normalized spacial score (nSPS) is 11.5. The van der Waals surface area contributed by atoms with Crippen LogP contribution in [-0.2, 0) is 14.8 Å². The number of nitrogens with one attached hydrogen (secondary N) is 1. The summed E-state index contributed by atoms with van der Waals surface area (Å²) in [5, 5.41) is 3.32. The summed E-state index contributed by atoms with van der Waals surface area (Å²) in [5.74, 6) is -0.128. The zero-order valence-corrected chi connectivity index (χ0v) is 15.6. The second-order valence-corrected chi connectivity index (χ2v) is 8.00. The van der Waals surface area contributed by atoms with Crippen molar-refractivity contribution >= 4 is 32.5 Å². The number of aromatic nitrogens is 2. The lowest BCUT2D eigenvalue weighted by molar-refractivity contribution is -0.118. The lowest BCUT2D eigenvalue weighted by Gasteiger charge is -2.13. The smallest absolute Gasteiger partial charge is 0.262 e. The summed E-state index contributed by atoms with van der Waals surface area (Å²) in [5.41, 5.74) is 1.07. The number of amides is 1. The fraction of sp³-hybridized carbons (Fsp3) is 0.167. The number of carbonyl (C=O) groups is 1. The molecule has 0 aliphatic heterocycles. The predicted octanol–water partition coefficient (Wildman–Crippen LogP) is 1.90. The van der Waals surface area contributed by atoms with E-state index < -0.39 is 15.9 Å². The molecule has 0 fully saturated rings. The number of fused-ring (bicyclic) bond motifs is 1. The number of anilines is 1. The number of rotatable bonds is 6. The maximum absolute atomic E-state index is 12.2. The summed E-state index contributed by atoms with van der Waals surface area (Å²) in [7, 11) is -0.691. The Morgan fingerprint density at radius 1 is 1.11 bits per heavy atom. The van der Waals surface area contributed by atoms with Crippen LogP contribution in [0.5, 0.6) is 5.88 Å². The van der Waals surface area contributed by atoms with Crippen LogP contribution < -0.4 is 10.1 Å². The number of benzene rings is 2. The second-order valence-electron chi connectivity index (χ2n) is 5.85. The summed E-state index contributed by atoms with van der Waals surface area (Å²) in [6, 6.07) is 13.3. The van der Waals surface area contributed by atoms with Gasteiger partial charge in [0.15, 0.2) is 6.61 Å². The van der Waals surface area contributed by atoms with Crippen LogP contribution in [0.1, 0.15) is 0 Å². The SMILES string of the molecule is CN(C)S(=O)(=O)c1cccc(NC(=O)COc2ncnc3ccccc23)c1.